The highest BCUT2D eigenvalue weighted by Crippen LogP contribution is 2.19. The molecule has 0 aromatic carbocycles. The van der Waals surface area contributed by atoms with Gasteiger partial charge in [0.15, 0.2) is 0 Å². The van der Waals surface area contributed by atoms with Gasteiger partial charge in [-0.2, -0.15) is 0 Å². The van der Waals surface area contributed by atoms with E-state index in [0.29, 0.717) is 5.92 Å². The number of ether oxygens (including phenoxy) is 1. The number of piperidine rings is 1. The molecule has 0 aromatic rings. The fourth-order valence-corrected chi connectivity index (χ4v) is 3.41. The van der Waals surface area contributed by atoms with Crippen molar-refractivity contribution in [1.29, 1.82) is 0 Å². The van der Waals surface area contributed by atoms with Crippen LogP contribution in [0.4, 0.5) is 0 Å². The number of amides is 1. The first-order valence-electron chi connectivity index (χ1n) is 9.04. The predicted octanol–water partition coefficient (Wildman–Crippen LogP) is 0.130. The van der Waals surface area contributed by atoms with Crippen LogP contribution in [0.1, 0.15) is 25.7 Å². The number of carbonyl (C=O) groups excluding carboxylic acids is 1. The minimum atomic E-state index is -0.376. The van der Waals surface area contributed by atoms with Crippen molar-refractivity contribution in [1.82, 2.24) is 15.1 Å². The first kappa shape index (κ1) is 18.6. The first-order valence-corrected chi connectivity index (χ1v) is 9.04. The van der Waals surface area contributed by atoms with E-state index in [1.807, 2.05) is 0 Å². The van der Waals surface area contributed by atoms with Crippen molar-refractivity contribution in [3.8, 4) is 0 Å². The van der Waals surface area contributed by atoms with Gasteiger partial charge >= 0.3 is 0 Å². The summed E-state index contributed by atoms with van der Waals surface area (Å²) in [5, 5.41) is 3.08. The Morgan fingerprint density at radius 1 is 1.26 bits per heavy atom. The average molecular weight is 326 g/mol. The number of likely N-dealkylation sites (tertiary alicyclic amines) is 1. The van der Waals surface area contributed by atoms with Crippen molar-refractivity contribution < 1.29 is 9.53 Å². The summed E-state index contributed by atoms with van der Waals surface area (Å²) in [6.45, 7) is 6.77. The molecule has 2 aliphatic heterocycles. The molecular formula is C17H34N4O2. The molecule has 2 rings (SSSR count). The van der Waals surface area contributed by atoms with E-state index in [4.69, 9.17) is 10.5 Å². The van der Waals surface area contributed by atoms with Crippen LogP contribution in [0.15, 0.2) is 0 Å². The molecule has 2 aliphatic rings. The van der Waals surface area contributed by atoms with E-state index in [-0.39, 0.29) is 17.9 Å². The molecule has 134 valence electrons. The fraction of sp³-hybridized carbons (Fsp3) is 0.941. The summed E-state index contributed by atoms with van der Waals surface area (Å²) in [6.07, 6.45) is 4.14. The third kappa shape index (κ3) is 6.37. The zero-order valence-corrected chi connectivity index (χ0v) is 14.8. The number of nitrogens with one attached hydrogen (secondary N) is 1. The molecule has 0 aromatic heterocycles. The molecule has 2 fully saturated rings. The van der Waals surface area contributed by atoms with Crippen molar-refractivity contribution >= 4 is 5.91 Å². The van der Waals surface area contributed by atoms with Crippen LogP contribution in [-0.4, -0.2) is 81.8 Å². The van der Waals surface area contributed by atoms with Crippen molar-refractivity contribution in [3.63, 3.8) is 0 Å². The van der Waals surface area contributed by atoms with E-state index in [1.54, 1.807) is 0 Å². The number of hydrogen-bond donors (Lipinski definition) is 2. The smallest absolute Gasteiger partial charge is 0.237 e. The van der Waals surface area contributed by atoms with Gasteiger partial charge in [0, 0.05) is 32.8 Å². The van der Waals surface area contributed by atoms with Gasteiger partial charge in [0.2, 0.25) is 5.91 Å². The number of nitrogens with two attached hydrogens (primary N) is 1. The van der Waals surface area contributed by atoms with Crippen LogP contribution in [0, 0.1) is 11.8 Å². The SMILES string of the molecule is CN(C)CCN1CCC(CNC(=O)C(N)C2CCOCC2)CC1. The van der Waals surface area contributed by atoms with E-state index >= 15 is 0 Å². The van der Waals surface area contributed by atoms with Gasteiger partial charge in [0.25, 0.3) is 0 Å². The van der Waals surface area contributed by atoms with E-state index < -0.39 is 0 Å². The van der Waals surface area contributed by atoms with Crippen molar-refractivity contribution in [2.24, 2.45) is 17.6 Å². The third-order valence-corrected chi connectivity index (χ3v) is 5.21. The highest BCUT2D eigenvalue weighted by atomic mass is 16.5. The predicted molar refractivity (Wildman–Crippen MR) is 92.2 cm³/mol. The molecule has 1 amide bonds. The fourth-order valence-electron chi connectivity index (χ4n) is 3.41. The Balaban J connectivity index is 1.61. The lowest BCUT2D eigenvalue weighted by Crippen LogP contribution is -2.49. The molecule has 2 saturated heterocycles. The number of hydrogen-bond acceptors (Lipinski definition) is 5. The molecule has 3 N–H and O–H groups in total. The zero-order valence-electron chi connectivity index (χ0n) is 14.8. The molecule has 0 saturated carbocycles. The molecule has 6 nitrogen and oxygen atoms in total. The topological polar surface area (TPSA) is 70.8 Å². The van der Waals surface area contributed by atoms with E-state index in [1.165, 1.54) is 12.8 Å². The first-order chi connectivity index (χ1) is 11.1. The summed E-state index contributed by atoms with van der Waals surface area (Å²) >= 11 is 0. The molecule has 0 aliphatic carbocycles. The van der Waals surface area contributed by atoms with E-state index in [9.17, 15) is 4.79 Å². The largest absolute Gasteiger partial charge is 0.381 e. The minimum Gasteiger partial charge on any atom is -0.381 e. The lowest BCUT2D eigenvalue weighted by Gasteiger charge is -2.33. The van der Waals surface area contributed by atoms with Crippen molar-refractivity contribution in [2.45, 2.75) is 31.7 Å². The van der Waals surface area contributed by atoms with E-state index in [0.717, 1.165) is 58.8 Å². The Bertz CT molecular complexity index is 351. The number of nitrogens with zero attached hydrogens (tertiary/aromatic N) is 2. The Labute approximate surface area is 140 Å². The highest BCUT2D eigenvalue weighted by molar-refractivity contribution is 5.81. The summed E-state index contributed by atoms with van der Waals surface area (Å²) in [4.78, 5) is 17.0. The molecule has 23 heavy (non-hydrogen) atoms. The molecular weight excluding hydrogens is 292 g/mol. The third-order valence-electron chi connectivity index (χ3n) is 5.21. The van der Waals surface area contributed by atoms with Gasteiger partial charge < -0.3 is 25.6 Å². The van der Waals surface area contributed by atoms with Crippen molar-refractivity contribution in [3.05, 3.63) is 0 Å². The molecule has 0 radical (unpaired) electrons. The molecule has 0 bridgehead atoms. The average Bonchev–Trinajstić information content (AvgIpc) is 2.58. The highest BCUT2D eigenvalue weighted by Gasteiger charge is 2.27. The summed E-state index contributed by atoms with van der Waals surface area (Å²) in [6, 6.07) is -0.376. The molecule has 0 spiro atoms. The standard InChI is InChI=1S/C17H34N4O2/c1-20(2)9-10-21-7-3-14(4-8-21)13-19-17(22)16(18)15-5-11-23-12-6-15/h14-16H,3-13,18H2,1-2H3,(H,19,22). The Morgan fingerprint density at radius 3 is 2.52 bits per heavy atom. The summed E-state index contributed by atoms with van der Waals surface area (Å²) in [5.41, 5.74) is 6.12. The van der Waals surface area contributed by atoms with Gasteiger partial charge in [0.1, 0.15) is 0 Å². The van der Waals surface area contributed by atoms with Gasteiger partial charge in [-0.3, -0.25) is 4.79 Å². The van der Waals surface area contributed by atoms with E-state index in [2.05, 4.69) is 29.2 Å². The Hall–Kier alpha value is -0.690. The van der Waals surface area contributed by atoms with Crippen LogP contribution in [0.25, 0.3) is 0 Å². The maximum absolute atomic E-state index is 12.2. The maximum Gasteiger partial charge on any atom is 0.237 e. The normalized spacial score (nSPS) is 23.1. The number of carbonyl (C=O) groups is 1. The quantitative estimate of drug-likeness (QED) is 0.696. The van der Waals surface area contributed by atoms with Crippen LogP contribution >= 0.6 is 0 Å². The maximum atomic E-state index is 12.2. The lowest BCUT2D eigenvalue weighted by atomic mass is 9.91. The van der Waals surface area contributed by atoms with Crippen LogP contribution < -0.4 is 11.1 Å². The Kier molecular flexibility index (Phi) is 7.76. The monoisotopic (exact) mass is 326 g/mol. The summed E-state index contributed by atoms with van der Waals surface area (Å²) < 4.78 is 5.33. The lowest BCUT2D eigenvalue weighted by molar-refractivity contribution is -0.124. The minimum absolute atomic E-state index is 0.0203. The second kappa shape index (κ2) is 9.57. The van der Waals surface area contributed by atoms with Crippen LogP contribution in [0.3, 0.4) is 0 Å². The van der Waals surface area contributed by atoms with Gasteiger partial charge in [-0.15, -0.1) is 0 Å². The second-order valence-electron chi connectivity index (χ2n) is 7.31. The number of rotatable bonds is 7. The van der Waals surface area contributed by atoms with Gasteiger partial charge in [-0.1, -0.05) is 0 Å². The molecule has 2 heterocycles. The van der Waals surface area contributed by atoms with Crippen LogP contribution in [0.5, 0.6) is 0 Å². The van der Waals surface area contributed by atoms with Gasteiger partial charge in [-0.25, -0.2) is 0 Å². The van der Waals surface area contributed by atoms with Gasteiger partial charge in [-0.05, 0) is 64.7 Å². The molecule has 6 heteroatoms. The van der Waals surface area contributed by atoms with Crippen LogP contribution in [0.2, 0.25) is 0 Å². The number of likely N-dealkylation sites (N-methyl/N-ethyl adjacent to an activating group) is 1. The van der Waals surface area contributed by atoms with Crippen LogP contribution in [-0.2, 0) is 9.53 Å². The van der Waals surface area contributed by atoms with Crippen molar-refractivity contribution in [2.75, 3.05) is 60.0 Å². The zero-order chi connectivity index (χ0) is 16.7. The molecule has 1 unspecified atom stereocenters. The summed E-state index contributed by atoms with van der Waals surface area (Å²) in [7, 11) is 4.23. The van der Waals surface area contributed by atoms with Gasteiger partial charge in [0.05, 0.1) is 6.04 Å². The molecule has 1 atom stereocenters. The summed E-state index contributed by atoms with van der Waals surface area (Å²) in [5.74, 6) is 0.889. The second-order valence-corrected chi connectivity index (χ2v) is 7.31. The Morgan fingerprint density at radius 2 is 1.91 bits per heavy atom.